The van der Waals surface area contributed by atoms with Crippen LogP contribution in [0.4, 0.5) is 10.5 Å². The zero-order valence-corrected chi connectivity index (χ0v) is 40.8. The van der Waals surface area contributed by atoms with E-state index in [9.17, 15) is 54.5 Å². The van der Waals surface area contributed by atoms with Crippen molar-refractivity contribution in [2.45, 2.75) is 81.5 Å². The van der Waals surface area contributed by atoms with E-state index < -0.39 is 131 Å². The molecule has 2 aliphatic carbocycles. The van der Waals surface area contributed by atoms with Gasteiger partial charge in [0.25, 0.3) is 11.6 Å². The number of nitrogens with one attached hydrogen (secondary N) is 1. The lowest BCUT2D eigenvalue weighted by Crippen LogP contribution is -2.52. The quantitative estimate of drug-likeness (QED) is 0.0268. The van der Waals surface area contributed by atoms with Gasteiger partial charge in [0.2, 0.25) is 5.78 Å². The number of nitro benzene ring substituents is 1. The summed E-state index contributed by atoms with van der Waals surface area (Å²) in [4.78, 5) is 80.8. The number of Topliss-reactive ketones (excluding diaryl/α,β-unsaturated/α-hetero) is 1. The summed E-state index contributed by atoms with van der Waals surface area (Å²) in [6, 6.07) is 5.95. The number of phenolic OH excluding ortho intramolecular Hbond substituents is 2. The number of carbonyl (C=O) groups is 5. The maximum absolute atomic E-state index is 14.1. The highest BCUT2D eigenvalue weighted by molar-refractivity contribution is 6.31. The SMILES string of the molecule is COc1cc(C(C)OC(=O)N2CO[C@@H]3[C@H](C)O[C@@H](C[C@H]4C[C@](O)(C(=O)CO)Cc5c(O)c6c(c(O)c54)C(=O)c4c(OC)cccc4C6=O)C[C@@H]32)c([N+](=O)[O-])cc1OCC(=O)NCCOCCOCCOCCN. The molecule has 73 heavy (non-hydrogen) atoms. The maximum Gasteiger partial charge on any atom is 0.412 e. The van der Waals surface area contributed by atoms with Gasteiger partial charge in [-0.2, -0.15) is 0 Å². The Bertz CT molecular complexity index is 2590. The van der Waals surface area contributed by atoms with Crippen molar-refractivity contribution in [2.24, 2.45) is 5.73 Å². The van der Waals surface area contributed by atoms with E-state index in [0.717, 1.165) is 6.07 Å². The predicted octanol–water partition coefficient (Wildman–Crippen LogP) is 2.12. The molecule has 2 aliphatic heterocycles. The van der Waals surface area contributed by atoms with Crippen LogP contribution in [0.1, 0.15) is 93.7 Å². The lowest BCUT2D eigenvalue weighted by Gasteiger charge is -2.42. The lowest BCUT2D eigenvalue weighted by atomic mass is 9.67. The van der Waals surface area contributed by atoms with E-state index >= 15 is 0 Å². The number of carbonyl (C=O) groups excluding carboxylic acids is 5. The van der Waals surface area contributed by atoms with Gasteiger partial charge in [0.15, 0.2) is 29.7 Å². The fraction of sp³-hybridized carbons (Fsp3) is 0.531. The molecule has 2 fully saturated rings. The molecule has 396 valence electrons. The van der Waals surface area contributed by atoms with Crippen LogP contribution in [0, 0.1) is 10.1 Å². The van der Waals surface area contributed by atoms with Gasteiger partial charge in [-0.05, 0) is 51.2 Å². The molecule has 2 heterocycles. The van der Waals surface area contributed by atoms with Crippen molar-refractivity contribution >= 4 is 35.0 Å². The third-order valence-electron chi connectivity index (χ3n) is 13.4. The highest BCUT2D eigenvalue weighted by Gasteiger charge is 2.52. The maximum atomic E-state index is 14.1. The summed E-state index contributed by atoms with van der Waals surface area (Å²) in [6.45, 7) is 3.93. The zero-order chi connectivity index (χ0) is 52.7. The minimum absolute atomic E-state index is 0.00501. The Hall–Kier alpha value is -6.51. The largest absolute Gasteiger partial charge is 0.507 e. The van der Waals surface area contributed by atoms with Crippen LogP contribution in [-0.2, 0) is 44.4 Å². The standard InChI is InChI=1S/C49H60N4O20/c1-25(30-18-35(66-4)36(19-32(30)53(63)64)70-23-38(56)51-9-11-68-13-15-69-14-12-67-10-8-50)73-48(61)52-24-71-47-26(2)72-28(17-33(47)52)16-27-20-49(62,37(55)22-54)21-31-39(27)45(59)42-41(44(31)58)43(57)29-6-5-7-34(65-3)40(29)46(42)60/h5-7,18-19,25-28,33,47,54,58-59,62H,8-17,20-24,50H2,1-4H3,(H,51,56)/t25?,26-,27-,28-,33-,47+,49+/m0/s1. The van der Waals surface area contributed by atoms with E-state index in [-0.39, 0.29) is 77.8 Å². The van der Waals surface area contributed by atoms with Crippen LogP contribution < -0.4 is 25.3 Å². The van der Waals surface area contributed by atoms with Gasteiger partial charge in [-0.3, -0.25) is 34.2 Å². The van der Waals surface area contributed by atoms with Gasteiger partial charge in [-0.1, -0.05) is 12.1 Å². The molecule has 0 bridgehead atoms. The third kappa shape index (κ3) is 11.4. The summed E-state index contributed by atoms with van der Waals surface area (Å²) in [5.74, 6) is -5.56. The van der Waals surface area contributed by atoms with Crippen molar-refractivity contribution in [3.05, 3.63) is 79.4 Å². The first-order valence-electron chi connectivity index (χ1n) is 23.6. The van der Waals surface area contributed by atoms with Crippen molar-refractivity contribution in [1.29, 1.82) is 0 Å². The van der Waals surface area contributed by atoms with Crippen molar-refractivity contribution < 1.29 is 92.0 Å². The smallest absolute Gasteiger partial charge is 0.412 e. The molecule has 1 unspecified atom stereocenters. The summed E-state index contributed by atoms with van der Waals surface area (Å²) in [7, 11) is 2.60. The fourth-order valence-corrected chi connectivity index (χ4v) is 9.98. The number of phenols is 2. The van der Waals surface area contributed by atoms with Crippen LogP contribution in [0.15, 0.2) is 30.3 Å². The number of aliphatic hydroxyl groups excluding tert-OH is 1. The van der Waals surface area contributed by atoms with Crippen LogP contribution in [0.25, 0.3) is 0 Å². The molecule has 3 aromatic carbocycles. The number of aliphatic hydroxyl groups is 2. The molecule has 7 atom stereocenters. The molecule has 2 amide bonds. The second-order valence-corrected chi connectivity index (χ2v) is 17.9. The Labute approximate surface area is 418 Å². The average molecular weight is 1030 g/mol. The number of benzene rings is 3. The summed E-state index contributed by atoms with van der Waals surface area (Å²) >= 11 is 0. The third-order valence-corrected chi connectivity index (χ3v) is 13.4. The number of ketones is 3. The zero-order valence-electron chi connectivity index (χ0n) is 40.8. The van der Waals surface area contributed by atoms with Gasteiger partial charge < -0.3 is 74.1 Å². The molecule has 0 radical (unpaired) electrons. The molecule has 24 heteroatoms. The topological polar surface area (TPSA) is 334 Å². The summed E-state index contributed by atoms with van der Waals surface area (Å²) in [5.41, 5.74) is 1.16. The van der Waals surface area contributed by atoms with Crippen molar-refractivity contribution in [3.8, 4) is 28.7 Å². The Morgan fingerprint density at radius 3 is 2.32 bits per heavy atom. The second-order valence-electron chi connectivity index (χ2n) is 17.9. The predicted molar refractivity (Wildman–Crippen MR) is 251 cm³/mol. The van der Waals surface area contributed by atoms with Gasteiger partial charge in [-0.15, -0.1) is 0 Å². The molecular weight excluding hydrogens is 965 g/mol. The number of fused-ring (bicyclic) bond motifs is 4. The molecule has 0 spiro atoms. The number of nitrogens with two attached hydrogens (primary N) is 1. The molecule has 3 aromatic rings. The first-order chi connectivity index (χ1) is 35.0. The van der Waals surface area contributed by atoms with Gasteiger partial charge >= 0.3 is 6.09 Å². The second kappa shape index (κ2) is 23.6. The molecule has 7 rings (SSSR count). The Morgan fingerprint density at radius 2 is 1.64 bits per heavy atom. The first kappa shape index (κ1) is 54.3. The summed E-state index contributed by atoms with van der Waals surface area (Å²) in [6.07, 6.45) is -5.31. The van der Waals surface area contributed by atoms with E-state index in [2.05, 4.69) is 5.32 Å². The van der Waals surface area contributed by atoms with E-state index in [4.69, 9.17) is 48.4 Å². The molecular formula is C49H60N4O20. The van der Waals surface area contributed by atoms with E-state index in [0.29, 0.717) is 39.6 Å². The Morgan fingerprint density at radius 1 is 0.959 bits per heavy atom. The number of nitrogens with zero attached hydrogens (tertiary/aromatic N) is 2. The highest BCUT2D eigenvalue weighted by atomic mass is 16.6. The van der Waals surface area contributed by atoms with Crippen LogP contribution in [0.2, 0.25) is 0 Å². The number of amides is 2. The number of hydrogen-bond donors (Lipinski definition) is 6. The van der Waals surface area contributed by atoms with Gasteiger partial charge in [0, 0.05) is 36.2 Å². The van der Waals surface area contributed by atoms with Crippen molar-refractivity contribution in [2.75, 3.05) is 86.9 Å². The number of ether oxygens (including phenoxy) is 9. The number of aromatic hydroxyl groups is 2. The summed E-state index contributed by atoms with van der Waals surface area (Å²) in [5, 5.41) is 60.5. The Kier molecular flexibility index (Phi) is 17.5. The van der Waals surface area contributed by atoms with Gasteiger partial charge in [0.1, 0.15) is 48.4 Å². The molecule has 2 saturated heterocycles. The normalized spacial score (nSPS) is 22.3. The van der Waals surface area contributed by atoms with E-state index in [1.54, 1.807) is 6.92 Å². The summed E-state index contributed by atoms with van der Waals surface area (Å²) < 4.78 is 50.6. The van der Waals surface area contributed by atoms with E-state index in [1.165, 1.54) is 50.3 Å². The fourth-order valence-electron chi connectivity index (χ4n) is 9.98. The van der Waals surface area contributed by atoms with Crippen molar-refractivity contribution in [3.63, 3.8) is 0 Å². The van der Waals surface area contributed by atoms with Crippen LogP contribution in [0.3, 0.4) is 0 Å². The lowest BCUT2D eigenvalue weighted by molar-refractivity contribution is -0.386. The molecule has 4 aliphatic rings. The molecule has 7 N–H and O–H groups in total. The number of nitro groups is 1. The highest BCUT2D eigenvalue weighted by Crippen LogP contribution is 2.53. The number of hydrogen-bond acceptors (Lipinski definition) is 21. The van der Waals surface area contributed by atoms with E-state index in [1.807, 2.05) is 0 Å². The van der Waals surface area contributed by atoms with Gasteiger partial charge in [-0.25, -0.2) is 4.79 Å². The molecule has 0 saturated carbocycles. The molecule has 0 aromatic heterocycles. The van der Waals surface area contributed by atoms with Crippen molar-refractivity contribution in [1.82, 2.24) is 10.2 Å². The minimum Gasteiger partial charge on any atom is -0.507 e. The van der Waals surface area contributed by atoms with Gasteiger partial charge in [0.05, 0.1) is 105 Å². The monoisotopic (exact) mass is 1020 g/mol. The van der Waals surface area contributed by atoms with Crippen LogP contribution >= 0.6 is 0 Å². The molecule has 24 nitrogen and oxygen atoms in total. The average Bonchev–Trinajstić information content (AvgIpc) is 3.81. The van der Waals surface area contributed by atoms with Crippen LogP contribution in [0.5, 0.6) is 28.7 Å². The van der Waals surface area contributed by atoms with Crippen LogP contribution in [-0.4, -0.2) is 176 Å². The first-order valence-corrected chi connectivity index (χ1v) is 23.6. The number of rotatable bonds is 23. The minimum atomic E-state index is -2.28. The number of methoxy groups -OCH3 is 2. The Balaban J connectivity index is 1.03.